The highest BCUT2D eigenvalue weighted by molar-refractivity contribution is 9.10. The molecule has 0 spiro atoms. The second-order valence-electron chi connectivity index (χ2n) is 12.1. The maximum Gasteiger partial charge on any atom is 0.338 e. The number of benzene rings is 3. The second-order valence-corrected chi connectivity index (χ2v) is 13.7. The summed E-state index contributed by atoms with van der Waals surface area (Å²) in [5.41, 5.74) is 10.7. The van der Waals surface area contributed by atoms with E-state index in [1.54, 1.807) is 24.3 Å². The van der Waals surface area contributed by atoms with Gasteiger partial charge in [0.15, 0.2) is 0 Å². The fourth-order valence-corrected chi connectivity index (χ4v) is 7.00. The van der Waals surface area contributed by atoms with Gasteiger partial charge in [-0.1, -0.05) is 92.9 Å². The van der Waals surface area contributed by atoms with Gasteiger partial charge in [-0.2, -0.15) is 0 Å². The van der Waals surface area contributed by atoms with Gasteiger partial charge in [0.05, 0.1) is 46.6 Å². The van der Waals surface area contributed by atoms with Gasteiger partial charge in [-0.3, -0.25) is 9.69 Å². The maximum absolute atomic E-state index is 12.9. The molecule has 3 N–H and O–H groups in total. The van der Waals surface area contributed by atoms with Crippen molar-refractivity contribution >= 4 is 68.1 Å². The van der Waals surface area contributed by atoms with Crippen LogP contribution < -0.4 is 11.1 Å². The Morgan fingerprint density at radius 3 is 2.26 bits per heavy atom. The molecule has 0 aromatic heterocycles. The van der Waals surface area contributed by atoms with E-state index >= 15 is 0 Å². The Morgan fingerprint density at radius 2 is 1.55 bits per heavy atom. The number of nitrogens with one attached hydrogen (secondary N) is 1. The van der Waals surface area contributed by atoms with E-state index in [-0.39, 0.29) is 18.4 Å². The number of ether oxygens (including phenoxy) is 2. The topological polar surface area (TPSA) is 93.9 Å². The van der Waals surface area contributed by atoms with Crippen LogP contribution in [0.1, 0.15) is 92.6 Å². The molecule has 0 atom stereocenters. The average molecular weight is 748 g/mol. The molecule has 0 amide bonds. The van der Waals surface area contributed by atoms with Crippen molar-refractivity contribution in [3.63, 3.8) is 0 Å². The Kier molecular flexibility index (Phi) is 15.2. The molecule has 1 aliphatic carbocycles. The summed E-state index contributed by atoms with van der Waals surface area (Å²) in [6, 6.07) is 17.0. The number of carbonyl (C=O) groups excluding carboxylic acids is 2. The monoisotopic (exact) mass is 745 g/mol. The van der Waals surface area contributed by atoms with Crippen LogP contribution in [0.3, 0.4) is 0 Å². The van der Waals surface area contributed by atoms with Gasteiger partial charge >= 0.3 is 11.9 Å². The van der Waals surface area contributed by atoms with Gasteiger partial charge in [-0.25, -0.2) is 4.79 Å². The van der Waals surface area contributed by atoms with Crippen molar-refractivity contribution < 1.29 is 19.1 Å². The highest BCUT2D eigenvalue weighted by Crippen LogP contribution is 2.34. The van der Waals surface area contributed by atoms with Crippen LogP contribution >= 0.6 is 39.1 Å². The van der Waals surface area contributed by atoms with E-state index in [9.17, 15) is 9.59 Å². The molecule has 47 heavy (non-hydrogen) atoms. The van der Waals surface area contributed by atoms with E-state index in [1.807, 2.05) is 30.3 Å². The minimum absolute atomic E-state index is 0.139. The number of carbonyl (C=O) groups is 2. The molecule has 4 rings (SSSR count). The van der Waals surface area contributed by atoms with Crippen molar-refractivity contribution in [2.24, 2.45) is 0 Å². The predicted molar refractivity (Wildman–Crippen MR) is 196 cm³/mol. The van der Waals surface area contributed by atoms with Gasteiger partial charge in [0.25, 0.3) is 0 Å². The lowest BCUT2D eigenvalue weighted by Gasteiger charge is -2.34. The molecule has 1 saturated carbocycles. The number of nitrogens with two attached hydrogens (primary N) is 1. The number of rotatable bonds is 17. The molecule has 3 aromatic rings. The quantitative estimate of drug-likeness (QED) is 0.0807. The summed E-state index contributed by atoms with van der Waals surface area (Å²) in [5.74, 6) is -0.614. The number of hydrogen-bond donors (Lipinski definition) is 2. The minimum Gasteiger partial charge on any atom is -0.465 e. The van der Waals surface area contributed by atoms with Crippen LogP contribution in [0.4, 0.5) is 17.1 Å². The van der Waals surface area contributed by atoms with Crippen molar-refractivity contribution in [2.75, 3.05) is 30.8 Å². The van der Waals surface area contributed by atoms with Gasteiger partial charge in [0, 0.05) is 22.7 Å². The van der Waals surface area contributed by atoms with Gasteiger partial charge in [-0.15, -0.1) is 0 Å². The van der Waals surface area contributed by atoms with E-state index < -0.39 is 0 Å². The fraction of sp³-hybridized carbons (Fsp3) is 0.459. The number of nitrogen functional groups attached to an aromatic ring is 1. The molecule has 0 aliphatic heterocycles. The van der Waals surface area contributed by atoms with Crippen molar-refractivity contribution in [3.05, 3.63) is 85.8 Å². The lowest BCUT2D eigenvalue weighted by Crippen LogP contribution is -2.36. The molecule has 0 heterocycles. The third kappa shape index (κ3) is 11.4. The Morgan fingerprint density at radius 1 is 0.894 bits per heavy atom. The van der Waals surface area contributed by atoms with Crippen molar-refractivity contribution in [3.8, 4) is 0 Å². The first-order valence-corrected chi connectivity index (χ1v) is 18.2. The van der Waals surface area contributed by atoms with Crippen molar-refractivity contribution in [1.82, 2.24) is 4.90 Å². The third-order valence-corrected chi connectivity index (χ3v) is 9.97. The number of esters is 2. The summed E-state index contributed by atoms with van der Waals surface area (Å²) >= 11 is 16.1. The summed E-state index contributed by atoms with van der Waals surface area (Å²) < 4.78 is 11.8. The minimum atomic E-state index is -0.327. The van der Waals surface area contributed by atoms with Gasteiger partial charge in [-0.05, 0) is 89.6 Å². The van der Waals surface area contributed by atoms with Crippen LogP contribution in [-0.2, 0) is 27.2 Å². The second kappa shape index (κ2) is 19.3. The first kappa shape index (κ1) is 37.0. The Labute approximate surface area is 297 Å². The Hall–Kier alpha value is -2.78. The van der Waals surface area contributed by atoms with Crippen LogP contribution in [0.15, 0.2) is 59.1 Å². The average Bonchev–Trinajstić information content (AvgIpc) is 3.07. The lowest BCUT2D eigenvalue weighted by molar-refractivity contribution is -0.142. The van der Waals surface area contributed by atoms with Crippen LogP contribution in [0, 0.1) is 0 Å². The molecule has 1 fully saturated rings. The smallest absolute Gasteiger partial charge is 0.338 e. The zero-order valence-corrected chi connectivity index (χ0v) is 30.3. The van der Waals surface area contributed by atoms with E-state index in [2.05, 4.69) is 33.1 Å². The SMILES string of the molecule is CCN(Cc1cc(C(=O)OCCCCCCCOC(=O)Cc2ccccc2Nc2c(Cl)cccc2Cl)cc(Br)c1N)C1CCCCC1. The molecular weight excluding hydrogens is 701 g/mol. The fourth-order valence-electron chi connectivity index (χ4n) is 6.01. The summed E-state index contributed by atoms with van der Waals surface area (Å²) in [7, 11) is 0. The predicted octanol–water partition coefficient (Wildman–Crippen LogP) is 10.1. The number of unbranched alkanes of at least 4 members (excludes halogenated alkanes) is 4. The molecule has 7 nitrogen and oxygen atoms in total. The normalized spacial score (nSPS) is 13.5. The summed E-state index contributed by atoms with van der Waals surface area (Å²) in [5, 5.41) is 4.25. The van der Waals surface area contributed by atoms with Crippen molar-refractivity contribution in [2.45, 2.75) is 90.1 Å². The summed E-state index contributed by atoms with van der Waals surface area (Å²) in [4.78, 5) is 27.9. The highest BCUT2D eigenvalue weighted by Gasteiger charge is 2.22. The molecule has 10 heteroatoms. The van der Waals surface area contributed by atoms with Gasteiger partial charge in [0.1, 0.15) is 0 Å². The number of hydrogen-bond acceptors (Lipinski definition) is 7. The van der Waals surface area contributed by atoms with Gasteiger partial charge < -0.3 is 20.5 Å². The molecule has 0 unspecified atom stereocenters. The summed E-state index contributed by atoms with van der Waals surface area (Å²) in [6.45, 7) is 4.59. The summed E-state index contributed by atoms with van der Waals surface area (Å²) in [6.07, 6.45) is 10.8. The number of halogens is 3. The number of nitrogens with zero attached hydrogens (tertiary/aromatic N) is 1. The van der Waals surface area contributed by atoms with E-state index in [1.165, 1.54) is 32.1 Å². The third-order valence-electron chi connectivity index (χ3n) is 8.68. The zero-order chi connectivity index (χ0) is 33.6. The van der Waals surface area contributed by atoms with Crippen LogP contribution in [0.25, 0.3) is 0 Å². The molecule has 1 aliphatic rings. The zero-order valence-electron chi connectivity index (χ0n) is 27.2. The van der Waals surface area contributed by atoms with E-state index in [0.29, 0.717) is 46.2 Å². The Balaban J connectivity index is 1.12. The molecule has 3 aromatic carbocycles. The molecular formula is C37H46BrCl2N3O4. The van der Waals surface area contributed by atoms with Gasteiger partial charge in [0.2, 0.25) is 0 Å². The molecule has 0 saturated heterocycles. The lowest BCUT2D eigenvalue weighted by atomic mass is 9.93. The first-order valence-electron chi connectivity index (χ1n) is 16.7. The van der Waals surface area contributed by atoms with Crippen molar-refractivity contribution in [1.29, 1.82) is 0 Å². The first-order chi connectivity index (χ1) is 22.8. The Bertz CT molecular complexity index is 1460. The molecule has 0 radical (unpaired) electrons. The van der Waals surface area contributed by atoms with Crippen LogP contribution in [0.5, 0.6) is 0 Å². The van der Waals surface area contributed by atoms with Crippen LogP contribution in [-0.4, -0.2) is 42.6 Å². The highest BCUT2D eigenvalue weighted by atomic mass is 79.9. The largest absolute Gasteiger partial charge is 0.465 e. The standard InChI is InChI=1S/C37H46BrCl2N3O4/c1-2-43(29-15-7-6-8-16-29)25-28-22-27(23-30(38)35(28)41)37(45)47-21-12-5-3-4-11-20-46-34(44)24-26-14-9-10-19-33(26)42-36-31(39)17-13-18-32(36)40/h9-10,13-14,17-19,22-23,29,42H,2-8,11-12,15-16,20-21,24-25,41H2,1H3. The number of para-hydroxylation sites is 2. The number of anilines is 3. The molecule has 254 valence electrons. The van der Waals surface area contributed by atoms with Crippen LogP contribution in [0.2, 0.25) is 10.0 Å². The van der Waals surface area contributed by atoms with E-state index in [0.717, 1.165) is 66.5 Å². The molecule has 0 bridgehead atoms. The van der Waals surface area contributed by atoms with E-state index in [4.69, 9.17) is 38.4 Å². The maximum atomic E-state index is 12.9.